The molecule has 0 aromatic carbocycles. The summed E-state index contributed by atoms with van der Waals surface area (Å²) in [5, 5.41) is 76.4. The molecule has 18 heteroatoms. The Morgan fingerprint density at radius 3 is 2.26 bits per heavy atom. The first-order valence-corrected chi connectivity index (χ1v) is 14.1. The number of aliphatic hydroxyl groups is 7. The molecule has 3 unspecified atom stereocenters. The van der Waals surface area contributed by atoms with Crippen LogP contribution < -0.4 is 33.6 Å². The van der Waals surface area contributed by atoms with Crippen molar-refractivity contribution >= 4 is 5.91 Å². The Morgan fingerprint density at radius 1 is 0.929 bits per heavy atom. The molecular weight excluding hydrogens is 564 g/mol. The summed E-state index contributed by atoms with van der Waals surface area (Å²) in [5.74, 6) is -1.02. The van der Waals surface area contributed by atoms with Crippen LogP contribution in [0.2, 0.25) is 0 Å². The summed E-state index contributed by atoms with van der Waals surface area (Å²) < 4.78 is 23.5. The molecule has 1 saturated carbocycles. The second kappa shape index (κ2) is 16.2. The molecule has 3 rings (SSSR count). The van der Waals surface area contributed by atoms with Crippen LogP contribution in [0.15, 0.2) is 0 Å². The van der Waals surface area contributed by atoms with Crippen molar-refractivity contribution in [3.63, 3.8) is 0 Å². The number of nitrogens with two attached hydrogens (primary N) is 4. The number of hydrogen-bond acceptors (Lipinski definition) is 17. The molecule has 3 aliphatic rings. The van der Waals surface area contributed by atoms with Gasteiger partial charge in [-0.05, 0) is 19.3 Å². The summed E-state index contributed by atoms with van der Waals surface area (Å²) in [6, 6.07) is -3.87. The highest BCUT2D eigenvalue weighted by Crippen LogP contribution is 2.31. The van der Waals surface area contributed by atoms with Crippen LogP contribution in [-0.4, -0.2) is 166 Å². The molecule has 1 aliphatic carbocycles. The predicted octanol–water partition coefficient (Wildman–Crippen LogP) is -7.81. The fourth-order valence-electron chi connectivity index (χ4n) is 5.35. The third-order valence-electron chi connectivity index (χ3n) is 7.90. The Labute approximate surface area is 243 Å². The van der Waals surface area contributed by atoms with Crippen LogP contribution in [0.4, 0.5) is 0 Å². The number of amides is 1. The molecular formula is C24H48N6O12. The van der Waals surface area contributed by atoms with Gasteiger partial charge < -0.3 is 88.3 Å². The fourth-order valence-corrected chi connectivity index (χ4v) is 5.35. The van der Waals surface area contributed by atoms with Gasteiger partial charge in [-0.2, -0.15) is 0 Å². The molecule has 15 atom stereocenters. The van der Waals surface area contributed by atoms with E-state index in [4.69, 9.17) is 47.0 Å². The summed E-state index contributed by atoms with van der Waals surface area (Å²) >= 11 is 0. The van der Waals surface area contributed by atoms with Gasteiger partial charge >= 0.3 is 0 Å². The van der Waals surface area contributed by atoms with Crippen LogP contribution in [0, 0.1) is 0 Å². The molecule has 2 heterocycles. The molecule has 2 aliphatic heterocycles. The fraction of sp³-hybridized carbons (Fsp3) is 0.958. The Kier molecular flexibility index (Phi) is 13.6. The van der Waals surface area contributed by atoms with Gasteiger partial charge in [-0.3, -0.25) is 4.79 Å². The van der Waals surface area contributed by atoms with Gasteiger partial charge in [0.2, 0.25) is 0 Å². The Balaban J connectivity index is 1.80. The Hall–Kier alpha value is -1.17. The lowest BCUT2D eigenvalue weighted by Gasteiger charge is -2.48. The minimum Gasteiger partial charge on any atom is -0.395 e. The van der Waals surface area contributed by atoms with Crippen LogP contribution in [-0.2, 0) is 23.7 Å². The molecule has 2 saturated heterocycles. The number of rotatable bonds is 13. The van der Waals surface area contributed by atoms with Gasteiger partial charge in [0.15, 0.2) is 18.7 Å². The molecule has 42 heavy (non-hydrogen) atoms. The molecule has 1 amide bonds. The zero-order valence-electron chi connectivity index (χ0n) is 23.3. The minimum absolute atomic E-state index is 0.0428. The van der Waals surface area contributed by atoms with Crippen molar-refractivity contribution in [2.45, 2.75) is 111 Å². The van der Waals surface area contributed by atoms with Gasteiger partial charge in [-0.1, -0.05) is 0 Å². The molecule has 246 valence electrons. The maximum atomic E-state index is 12.7. The van der Waals surface area contributed by atoms with Gasteiger partial charge in [0.05, 0.1) is 37.4 Å². The van der Waals surface area contributed by atoms with Crippen LogP contribution in [0.5, 0.6) is 0 Å². The maximum Gasteiger partial charge on any atom is 0.251 e. The summed E-state index contributed by atoms with van der Waals surface area (Å²) in [7, 11) is 0. The van der Waals surface area contributed by atoms with Crippen molar-refractivity contribution in [2.24, 2.45) is 22.9 Å². The highest BCUT2D eigenvalue weighted by Gasteiger charge is 2.51. The van der Waals surface area contributed by atoms with Crippen LogP contribution in [0.25, 0.3) is 0 Å². The van der Waals surface area contributed by atoms with Crippen LogP contribution in [0.1, 0.15) is 19.3 Å². The van der Waals surface area contributed by atoms with Crippen molar-refractivity contribution in [3.05, 3.63) is 0 Å². The van der Waals surface area contributed by atoms with E-state index in [1.807, 2.05) is 0 Å². The molecule has 0 aromatic heterocycles. The van der Waals surface area contributed by atoms with Gasteiger partial charge in [0, 0.05) is 25.7 Å². The molecule has 0 spiro atoms. The summed E-state index contributed by atoms with van der Waals surface area (Å²) in [5.41, 5.74) is 23.8. The molecule has 18 nitrogen and oxygen atoms in total. The monoisotopic (exact) mass is 612 g/mol. The second-order valence-electron chi connectivity index (χ2n) is 11.0. The average Bonchev–Trinajstić information content (AvgIpc) is 2.97. The zero-order valence-corrected chi connectivity index (χ0v) is 23.3. The first-order valence-electron chi connectivity index (χ1n) is 14.1. The van der Waals surface area contributed by atoms with E-state index in [1.165, 1.54) is 0 Å². The topological polar surface area (TPSA) is 324 Å². The number of hydrogen-bond donors (Lipinski definition) is 13. The lowest BCUT2D eigenvalue weighted by Crippen LogP contribution is -2.69. The van der Waals surface area contributed by atoms with E-state index in [2.05, 4.69) is 10.6 Å². The van der Waals surface area contributed by atoms with Crippen molar-refractivity contribution in [1.29, 1.82) is 0 Å². The second-order valence-corrected chi connectivity index (χ2v) is 11.0. The lowest BCUT2D eigenvalue weighted by atomic mass is 9.83. The third kappa shape index (κ3) is 8.51. The van der Waals surface area contributed by atoms with Gasteiger partial charge in [0.25, 0.3) is 5.91 Å². The van der Waals surface area contributed by atoms with E-state index >= 15 is 0 Å². The molecule has 3 fully saturated rings. The SMILES string of the molecule is NCC(O)C(O)C(=O)N[C@@H]1C[C@H](N)C(O[C@H]2O[C@H](CNCCO)CC[C@H]2N)[C@H](O)[C@H]1O[C@H]1O[C@H](CO)[C@@H](O)[C@H](N)[C@H]1O. The van der Waals surface area contributed by atoms with E-state index < -0.39 is 105 Å². The van der Waals surface area contributed by atoms with Crippen molar-refractivity contribution in [1.82, 2.24) is 10.6 Å². The molecule has 17 N–H and O–H groups in total. The summed E-state index contributed by atoms with van der Waals surface area (Å²) in [4.78, 5) is 12.7. The number of ether oxygens (including phenoxy) is 4. The summed E-state index contributed by atoms with van der Waals surface area (Å²) in [6.07, 6.45) is -13.6. The number of nitrogens with one attached hydrogen (secondary N) is 2. The number of aliphatic hydroxyl groups excluding tert-OH is 7. The zero-order chi connectivity index (χ0) is 31.1. The highest BCUT2D eigenvalue weighted by molar-refractivity contribution is 5.81. The molecule has 0 radical (unpaired) electrons. The standard InChI is InChI=1S/C24H48N6O12/c25-6-13(33)16(34)22(38)30-12-5-11(27)20(41-23-10(26)2-1-9(39-23)7-29-3-4-31)19(37)21(12)42-24-18(36)15(28)17(35)14(8-32)40-24/h9-21,23-24,29,31-37H,1-8,25-28H2,(H,30,38)/t9-,10+,11-,12+,13?,14+,15-,16?,17+,18+,19-,20?,21-,23+,24+/m0/s1. The molecule has 0 aromatic rings. The van der Waals surface area contributed by atoms with Gasteiger partial charge in [-0.15, -0.1) is 0 Å². The minimum atomic E-state index is -1.90. The average molecular weight is 613 g/mol. The molecule has 0 bridgehead atoms. The first kappa shape index (κ1) is 35.3. The van der Waals surface area contributed by atoms with Crippen molar-refractivity contribution < 1.29 is 59.5 Å². The van der Waals surface area contributed by atoms with Crippen LogP contribution in [0.3, 0.4) is 0 Å². The first-order chi connectivity index (χ1) is 19.9. The van der Waals surface area contributed by atoms with Gasteiger partial charge in [0.1, 0.15) is 42.7 Å². The van der Waals surface area contributed by atoms with Crippen molar-refractivity contribution in [3.8, 4) is 0 Å². The van der Waals surface area contributed by atoms with E-state index in [9.17, 15) is 35.4 Å². The highest BCUT2D eigenvalue weighted by atomic mass is 16.7. The largest absolute Gasteiger partial charge is 0.395 e. The quantitative estimate of drug-likeness (QED) is 0.0858. The predicted molar refractivity (Wildman–Crippen MR) is 143 cm³/mol. The number of carbonyl (C=O) groups excluding carboxylic acids is 1. The number of carbonyl (C=O) groups is 1. The Morgan fingerprint density at radius 2 is 1.62 bits per heavy atom. The van der Waals surface area contributed by atoms with E-state index in [-0.39, 0.29) is 19.1 Å². The summed E-state index contributed by atoms with van der Waals surface area (Å²) in [6.45, 7) is -0.295. The smallest absolute Gasteiger partial charge is 0.251 e. The van der Waals surface area contributed by atoms with Gasteiger partial charge in [-0.25, -0.2) is 0 Å². The third-order valence-corrected chi connectivity index (χ3v) is 7.90. The lowest BCUT2D eigenvalue weighted by molar-refractivity contribution is -0.314. The maximum absolute atomic E-state index is 12.7. The van der Waals surface area contributed by atoms with Crippen molar-refractivity contribution in [2.75, 3.05) is 32.8 Å². The normalized spacial score (nSPS) is 42.6. The van der Waals surface area contributed by atoms with E-state index in [0.29, 0.717) is 25.9 Å². The van der Waals surface area contributed by atoms with E-state index in [0.717, 1.165) is 0 Å². The van der Waals surface area contributed by atoms with E-state index in [1.54, 1.807) is 0 Å². The Bertz CT molecular complexity index is 835. The van der Waals surface area contributed by atoms with Crippen LogP contribution >= 0.6 is 0 Å².